The zero-order chi connectivity index (χ0) is 20.0. The normalized spacial score (nSPS) is 14.6. The fourth-order valence-electron chi connectivity index (χ4n) is 3.58. The van der Waals surface area contributed by atoms with Gasteiger partial charge in [0.15, 0.2) is 0 Å². The Kier molecular flexibility index (Phi) is 3.87. The van der Waals surface area contributed by atoms with Crippen LogP contribution in [0.2, 0.25) is 0 Å². The van der Waals surface area contributed by atoms with Gasteiger partial charge in [-0.25, -0.2) is 5.10 Å². The molecule has 0 spiro atoms. The number of ether oxygens (including phenoxy) is 1. The average Bonchev–Trinajstić information content (AvgIpc) is 3.22. The zero-order valence-corrected chi connectivity index (χ0v) is 15.7. The molecule has 1 atom stereocenters. The smallest absolute Gasteiger partial charge is 0.288 e. The van der Waals surface area contributed by atoms with Crippen LogP contribution in [0, 0.1) is 6.92 Å². The molecule has 9 heteroatoms. The number of H-pyrrole nitrogens is 1. The van der Waals surface area contributed by atoms with Crippen LogP contribution in [0.15, 0.2) is 53.3 Å². The highest BCUT2D eigenvalue weighted by atomic mass is 16.5. The highest BCUT2D eigenvalue weighted by molar-refractivity contribution is 5.76. The third kappa shape index (κ3) is 2.75. The van der Waals surface area contributed by atoms with Crippen molar-refractivity contribution in [2.45, 2.75) is 13.0 Å². The summed E-state index contributed by atoms with van der Waals surface area (Å²) < 4.78 is 7.02. The van der Waals surface area contributed by atoms with Gasteiger partial charge >= 0.3 is 0 Å². The van der Waals surface area contributed by atoms with E-state index in [2.05, 4.69) is 31.0 Å². The average molecular weight is 387 g/mol. The molecular formula is C20H17N7O2. The van der Waals surface area contributed by atoms with Crippen LogP contribution in [0.1, 0.15) is 22.7 Å². The first-order chi connectivity index (χ1) is 14.2. The Morgan fingerprint density at radius 1 is 1.14 bits per heavy atom. The van der Waals surface area contributed by atoms with E-state index >= 15 is 0 Å². The van der Waals surface area contributed by atoms with Crippen LogP contribution < -0.4 is 15.6 Å². The van der Waals surface area contributed by atoms with Gasteiger partial charge in [0.2, 0.25) is 5.95 Å². The summed E-state index contributed by atoms with van der Waals surface area (Å²) in [5.74, 6) is 1.10. The van der Waals surface area contributed by atoms with Gasteiger partial charge < -0.3 is 10.1 Å². The van der Waals surface area contributed by atoms with E-state index in [4.69, 9.17) is 4.74 Å². The fraction of sp³-hybridized carbons (Fsp3) is 0.150. The van der Waals surface area contributed by atoms with Gasteiger partial charge in [-0.2, -0.15) is 9.78 Å². The number of aromatic amines is 1. The molecule has 0 saturated heterocycles. The molecule has 0 aliphatic carbocycles. The number of aryl methyl sites for hydroxylation is 1. The minimum Gasteiger partial charge on any atom is -0.497 e. The summed E-state index contributed by atoms with van der Waals surface area (Å²) in [6, 6.07) is 15.2. The van der Waals surface area contributed by atoms with Crippen molar-refractivity contribution in [3.8, 4) is 17.0 Å². The van der Waals surface area contributed by atoms with Crippen molar-refractivity contribution in [2.24, 2.45) is 0 Å². The van der Waals surface area contributed by atoms with E-state index < -0.39 is 6.04 Å². The molecule has 2 aromatic carbocycles. The summed E-state index contributed by atoms with van der Waals surface area (Å²) in [6.07, 6.45) is 0. The van der Waals surface area contributed by atoms with Gasteiger partial charge in [0.25, 0.3) is 5.56 Å². The molecule has 0 unspecified atom stereocenters. The van der Waals surface area contributed by atoms with Crippen LogP contribution in [0.3, 0.4) is 0 Å². The molecule has 1 aliphatic rings. The lowest BCUT2D eigenvalue weighted by Gasteiger charge is -2.28. The third-order valence-electron chi connectivity index (χ3n) is 5.00. The first-order valence-corrected chi connectivity index (χ1v) is 9.04. The molecule has 5 rings (SSSR count). The molecule has 0 amide bonds. The Bertz CT molecular complexity index is 1260. The number of benzene rings is 2. The maximum absolute atomic E-state index is 12.7. The van der Waals surface area contributed by atoms with Crippen LogP contribution in [-0.4, -0.2) is 37.5 Å². The number of fused-ring (bicyclic) bond motifs is 2. The highest BCUT2D eigenvalue weighted by Crippen LogP contribution is 2.41. The molecule has 144 valence electrons. The fourth-order valence-corrected chi connectivity index (χ4v) is 3.58. The number of aromatic nitrogens is 6. The quantitative estimate of drug-likeness (QED) is 0.489. The second-order valence-electron chi connectivity index (χ2n) is 6.81. The van der Waals surface area contributed by atoms with Crippen molar-refractivity contribution in [1.29, 1.82) is 0 Å². The van der Waals surface area contributed by atoms with Gasteiger partial charge in [0.1, 0.15) is 17.5 Å². The monoisotopic (exact) mass is 387 g/mol. The molecule has 29 heavy (non-hydrogen) atoms. The summed E-state index contributed by atoms with van der Waals surface area (Å²) in [6.45, 7) is 2.02. The zero-order valence-electron chi connectivity index (χ0n) is 15.7. The summed E-state index contributed by atoms with van der Waals surface area (Å²) in [4.78, 5) is 12.7. The molecule has 0 bridgehead atoms. The van der Waals surface area contributed by atoms with Gasteiger partial charge in [-0.15, -0.1) is 0 Å². The molecule has 0 radical (unpaired) electrons. The van der Waals surface area contributed by atoms with Crippen LogP contribution in [-0.2, 0) is 0 Å². The Morgan fingerprint density at radius 2 is 1.97 bits per heavy atom. The highest BCUT2D eigenvalue weighted by Gasteiger charge is 2.34. The molecule has 0 saturated carbocycles. The van der Waals surface area contributed by atoms with Crippen molar-refractivity contribution in [2.75, 3.05) is 12.4 Å². The second kappa shape index (κ2) is 6.55. The van der Waals surface area contributed by atoms with Gasteiger partial charge in [-0.3, -0.25) is 4.79 Å². The van der Waals surface area contributed by atoms with Gasteiger partial charge in [0, 0.05) is 11.1 Å². The first kappa shape index (κ1) is 17.1. The van der Waals surface area contributed by atoms with Gasteiger partial charge in [0.05, 0.1) is 12.8 Å². The number of hydrogen-bond donors (Lipinski definition) is 2. The number of tetrazole rings is 1. The van der Waals surface area contributed by atoms with E-state index in [0.717, 1.165) is 16.7 Å². The Morgan fingerprint density at radius 3 is 2.76 bits per heavy atom. The van der Waals surface area contributed by atoms with Crippen molar-refractivity contribution >= 4 is 11.6 Å². The Labute approximate surface area is 165 Å². The van der Waals surface area contributed by atoms with Crippen LogP contribution >= 0.6 is 0 Å². The number of methoxy groups -OCH3 is 1. The molecule has 3 heterocycles. The van der Waals surface area contributed by atoms with Crippen LogP contribution in [0.4, 0.5) is 11.6 Å². The third-order valence-corrected chi connectivity index (χ3v) is 5.00. The molecule has 4 aromatic rings. The Hall–Kier alpha value is -4.01. The SMILES string of the molecule is COc1cccc(-c2n[nH]c(=O)c3c2[C@H](c2ccc(C)cc2)n2nnnc2N3)c1. The van der Waals surface area contributed by atoms with E-state index in [1.807, 2.05) is 55.5 Å². The van der Waals surface area contributed by atoms with Crippen molar-refractivity contribution in [1.82, 2.24) is 30.4 Å². The van der Waals surface area contributed by atoms with E-state index in [9.17, 15) is 4.79 Å². The number of hydrogen-bond acceptors (Lipinski definition) is 7. The largest absolute Gasteiger partial charge is 0.497 e. The lowest BCUT2D eigenvalue weighted by molar-refractivity contribution is 0.415. The molecule has 1 aliphatic heterocycles. The van der Waals surface area contributed by atoms with E-state index in [0.29, 0.717) is 28.6 Å². The van der Waals surface area contributed by atoms with Crippen molar-refractivity contribution in [3.63, 3.8) is 0 Å². The van der Waals surface area contributed by atoms with E-state index in [-0.39, 0.29) is 5.56 Å². The first-order valence-electron chi connectivity index (χ1n) is 9.04. The summed E-state index contributed by atoms with van der Waals surface area (Å²) in [5.41, 5.74) is 4.26. The maximum Gasteiger partial charge on any atom is 0.288 e. The molecule has 2 aromatic heterocycles. The lowest BCUT2D eigenvalue weighted by Crippen LogP contribution is -2.29. The number of anilines is 2. The second-order valence-corrected chi connectivity index (χ2v) is 6.81. The molecule has 9 nitrogen and oxygen atoms in total. The predicted octanol–water partition coefficient (Wildman–Crippen LogP) is 2.44. The Balaban J connectivity index is 1.80. The molecular weight excluding hydrogens is 370 g/mol. The minimum atomic E-state index is -0.409. The van der Waals surface area contributed by atoms with Crippen LogP contribution in [0.25, 0.3) is 11.3 Å². The van der Waals surface area contributed by atoms with E-state index in [1.54, 1.807) is 11.8 Å². The molecule has 0 fully saturated rings. The standard InChI is InChI=1S/C20H17N7O2/c1-11-6-8-12(9-7-11)18-15-16(13-4-3-5-14(10-13)29-2)22-23-19(28)17(15)21-20-24-25-26-27(18)20/h3-10,18H,1-2H3,(H,23,28)(H,21,24,26)/t18-/m0/s1. The van der Waals surface area contributed by atoms with Crippen molar-refractivity contribution < 1.29 is 4.74 Å². The molecule has 2 N–H and O–H groups in total. The maximum atomic E-state index is 12.7. The lowest BCUT2D eigenvalue weighted by atomic mass is 9.92. The van der Waals surface area contributed by atoms with E-state index in [1.165, 1.54) is 0 Å². The topological polar surface area (TPSA) is 111 Å². The van der Waals surface area contributed by atoms with Crippen LogP contribution in [0.5, 0.6) is 5.75 Å². The van der Waals surface area contributed by atoms with Gasteiger partial charge in [-0.1, -0.05) is 47.1 Å². The predicted molar refractivity (Wildman–Crippen MR) is 106 cm³/mol. The minimum absolute atomic E-state index is 0.335. The summed E-state index contributed by atoms with van der Waals surface area (Å²) in [5, 5.41) is 22.0. The van der Waals surface area contributed by atoms with Crippen molar-refractivity contribution in [3.05, 3.63) is 75.6 Å². The summed E-state index contributed by atoms with van der Waals surface area (Å²) >= 11 is 0. The summed E-state index contributed by atoms with van der Waals surface area (Å²) in [7, 11) is 1.61. The number of nitrogens with one attached hydrogen (secondary N) is 2. The number of nitrogens with zero attached hydrogens (tertiary/aromatic N) is 5. The van der Waals surface area contributed by atoms with Gasteiger partial charge in [-0.05, 0) is 35.0 Å². The number of rotatable bonds is 3.